The van der Waals surface area contributed by atoms with E-state index in [4.69, 9.17) is 9.73 Å². The highest BCUT2D eigenvalue weighted by molar-refractivity contribution is 7.49. The molecule has 0 N–H and O–H groups in total. The Bertz CT molecular complexity index is 993. The summed E-state index contributed by atoms with van der Waals surface area (Å²) in [5, 5.41) is 1.54. The zero-order chi connectivity index (χ0) is 22.1. The van der Waals surface area contributed by atoms with Crippen LogP contribution in [0.5, 0.6) is 0 Å². The number of aliphatic imine (C=N–C) groups is 1. The smallest absolute Gasteiger partial charge is 0.0629 e. The van der Waals surface area contributed by atoms with Crippen LogP contribution in [0.4, 0.5) is 5.69 Å². The van der Waals surface area contributed by atoms with E-state index in [9.17, 15) is 0 Å². The minimum Gasteiger partial charge on any atom is -0.384 e. The zero-order valence-electron chi connectivity index (χ0n) is 19.2. The van der Waals surface area contributed by atoms with Crippen molar-refractivity contribution in [3.8, 4) is 0 Å². The summed E-state index contributed by atoms with van der Waals surface area (Å²) in [4.78, 5) is 4.75. The Balaban J connectivity index is 2.02. The van der Waals surface area contributed by atoms with Gasteiger partial charge in [-0.05, 0) is 60.3 Å². The van der Waals surface area contributed by atoms with Gasteiger partial charge in [-0.25, -0.2) is 0 Å². The van der Waals surface area contributed by atoms with Gasteiger partial charge in [0.05, 0.1) is 12.3 Å². The number of methoxy groups -OCH3 is 1. The first kappa shape index (κ1) is 23.4. The minimum absolute atomic E-state index is 0.117. The summed E-state index contributed by atoms with van der Waals surface area (Å²) >= 11 is 0. The number of hydrogen-bond acceptors (Lipinski definition) is 2. The molecule has 3 heteroatoms. The van der Waals surface area contributed by atoms with Gasteiger partial charge in [0, 0.05) is 24.0 Å². The molecule has 0 saturated carbocycles. The van der Waals surface area contributed by atoms with Crippen molar-refractivity contribution in [1.29, 1.82) is 0 Å². The van der Waals surface area contributed by atoms with Crippen LogP contribution in [0, 0.1) is 6.92 Å². The summed E-state index contributed by atoms with van der Waals surface area (Å²) in [6.07, 6.45) is 5.21. The first-order valence-electron chi connectivity index (χ1n) is 11.2. The van der Waals surface area contributed by atoms with E-state index < -0.39 is 0 Å². The lowest BCUT2D eigenvalue weighted by Crippen LogP contribution is -2.25. The molecule has 3 rings (SSSR count). The van der Waals surface area contributed by atoms with Crippen LogP contribution in [0.1, 0.15) is 48.9 Å². The molecule has 31 heavy (non-hydrogen) atoms. The highest BCUT2D eigenvalue weighted by Gasteiger charge is 2.32. The topological polar surface area (TPSA) is 21.6 Å². The normalized spacial score (nSPS) is 12.3. The van der Waals surface area contributed by atoms with Gasteiger partial charge in [0.2, 0.25) is 0 Å². The van der Waals surface area contributed by atoms with E-state index in [0.29, 0.717) is 8.58 Å². The lowest BCUT2D eigenvalue weighted by Gasteiger charge is -2.35. The van der Waals surface area contributed by atoms with Crippen molar-refractivity contribution in [2.75, 3.05) is 13.7 Å². The standard InChI is InChI=1S/C28H34NOP/c1-5-28(6-2,26-18-11-10-14-23(26)19-20-30-4)31-27-22(3)13-12-15-24(27)21-29-25-16-8-7-9-17-25/h7-18,21,31H,5-6,19-20H2,1-4H3/b29-21+. The number of para-hydroxylation sites is 1. The average Bonchev–Trinajstić information content (AvgIpc) is 2.82. The summed E-state index contributed by atoms with van der Waals surface area (Å²) < 4.78 is 5.40. The number of nitrogens with zero attached hydrogens (tertiary/aromatic N) is 1. The molecule has 0 heterocycles. The third kappa shape index (κ3) is 5.70. The molecule has 1 atom stereocenters. The molecule has 0 bridgehead atoms. The molecular formula is C28H34NOP. The maximum absolute atomic E-state index is 5.40. The van der Waals surface area contributed by atoms with Crippen LogP contribution in [0.25, 0.3) is 0 Å². The average molecular weight is 432 g/mol. The molecule has 3 aromatic rings. The maximum atomic E-state index is 5.40. The fraction of sp³-hybridized carbons (Fsp3) is 0.321. The summed E-state index contributed by atoms with van der Waals surface area (Å²) in [5.41, 5.74) is 6.44. The van der Waals surface area contributed by atoms with E-state index in [-0.39, 0.29) is 5.16 Å². The first-order valence-corrected chi connectivity index (χ1v) is 12.2. The fourth-order valence-corrected chi connectivity index (χ4v) is 5.94. The monoisotopic (exact) mass is 431 g/mol. The Kier molecular flexibility index (Phi) is 8.58. The van der Waals surface area contributed by atoms with Gasteiger partial charge in [-0.2, -0.15) is 0 Å². The van der Waals surface area contributed by atoms with E-state index in [2.05, 4.69) is 63.2 Å². The number of benzene rings is 3. The Morgan fingerprint density at radius 3 is 2.32 bits per heavy atom. The van der Waals surface area contributed by atoms with Gasteiger partial charge >= 0.3 is 0 Å². The molecule has 0 aliphatic rings. The fourth-order valence-electron chi connectivity index (χ4n) is 4.16. The summed E-state index contributed by atoms with van der Waals surface area (Å²) in [7, 11) is 2.46. The molecule has 3 aromatic carbocycles. The Morgan fingerprint density at radius 1 is 0.903 bits per heavy atom. The lowest BCUT2D eigenvalue weighted by molar-refractivity contribution is 0.202. The second-order valence-corrected chi connectivity index (χ2v) is 9.65. The summed E-state index contributed by atoms with van der Waals surface area (Å²) in [5.74, 6) is 0. The predicted octanol–water partition coefficient (Wildman–Crippen LogP) is 6.95. The van der Waals surface area contributed by atoms with Crippen molar-refractivity contribution in [1.82, 2.24) is 0 Å². The number of aryl methyl sites for hydroxylation is 1. The predicted molar refractivity (Wildman–Crippen MR) is 137 cm³/mol. The molecular weight excluding hydrogens is 397 g/mol. The molecule has 1 unspecified atom stereocenters. The van der Waals surface area contributed by atoms with E-state index >= 15 is 0 Å². The number of ether oxygens (including phenoxy) is 1. The van der Waals surface area contributed by atoms with Crippen molar-refractivity contribution < 1.29 is 4.74 Å². The third-order valence-electron chi connectivity index (χ3n) is 6.09. The maximum Gasteiger partial charge on any atom is 0.0629 e. The van der Waals surface area contributed by atoms with Crippen molar-refractivity contribution in [3.63, 3.8) is 0 Å². The van der Waals surface area contributed by atoms with Crippen molar-refractivity contribution in [2.45, 2.75) is 45.2 Å². The van der Waals surface area contributed by atoms with Gasteiger partial charge in [0.15, 0.2) is 0 Å². The quantitative estimate of drug-likeness (QED) is 0.251. The summed E-state index contributed by atoms with van der Waals surface area (Å²) in [6.45, 7) is 7.65. The van der Waals surface area contributed by atoms with Crippen molar-refractivity contribution in [3.05, 3.63) is 95.1 Å². The van der Waals surface area contributed by atoms with Crippen LogP contribution in [0.3, 0.4) is 0 Å². The van der Waals surface area contributed by atoms with Crippen molar-refractivity contribution >= 4 is 25.8 Å². The molecule has 0 aromatic heterocycles. The largest absolute Gasteiger partial charge is 0.384 e. The van der Waals surface area contributed by atoms with E-state index in [1.165, 1.54) is 27.6 Å². The molecule has 0 saturated heterocycles. The van der Waals surface area contributed by atoms with E-state index in [1.54, 1.807) is 7.11 Å². The lowest BCUT2D eigenvalue weighted by atomic mass is 9.88. The Hall–Kier alpha value is -2.28. The molecule has 0 fully saturated rings. The molecule has 0 radical (unpaired) electrons. The Labute approximate surface area is 189 Å². The zero-order valence-corrected chi connectivity index (χ0v) is 20.2. The molecule has 2 nitrogen and oxygen atoms in total. The molecule has 0 aliphatic carbocycles. The third-order valence-corrected chi connectivity index (χ3v) is 8.48. The second-order valence-electron chi connectivity index (χ2n) is 7.95. The molecule has 0 amide bonds. The second kappa shape index (κ2) is 11.4. The first-order chi connectivity index (χ1) is 15.1. The highest BCUT2D eigenvalue weighted by Crippen LogP contribution is 2.48. The van der Waals surface area contributed by atoms with Crippen LogP contribution >= 0.6 is 8.58 Å². The summed E-state index contributed by atoms with van der Waals surface area (Å²) in [6, 6.07) is 25.7. The van der Waals surface area contributed by atoms with Gasteiger partial charge in [-0.1, -0.05) is 83.1 Å². The van der Waals surface area contributed by atoms with Gasteiger partial charge in [-0.3, -0.25) is 4.99 Å². The molecule has 162 valence electrons. The Morgan fingerprint density at radius 2 is 1.61 bits per heavy atom. The SMILES string of the molecule is CCC(CC)(Pc1c(C)cccc1/C=N/c1ccccc1)c1ccccc1CCOC. The highest BCUT2D eigenvalue weighted by atomic mass is 31.1. The van der Waals surface area contributed by atoms with Gasteiger partial charge < -0.3 is 4.74 Å². The number of rotatable bonds is 10. The van der Waals surface area contributed by atoms with Crippen LogP contribution in [0.2, 0.25) is 0 Å². The van der Waals surface area contributed by atoms with E-state index in [0.717, 1.165) is 31.6 Å². The van der Waals surface area contributed by atoms with Gasteiger partial charge in [0.1, 0.15) is 0 Å². The van der Waals surface area contributed by atoms with Crippen LogP contribution in [-0.4, -0.2) is 19.9 Å². The minimum atomic E-state index is 0.117. The van der Waals surface area contributed by atoms with Crippen LogP contribution < -0.4 is 5.30 Å². The van der Waals surface area contributed by atoms with E-state index in [1.807, 2.05) is 36.5 Å². The van der Waals surface area contributed by atoms with Crippen molar-refractivity contribution in [2.24, 2.45) is 4.99 Å². The molecule has 0 spiro atoms. The van der Waals surface area contributed by atoms with Crippen LogP contribution in [0.15, 0.2) is 77.8 Å². The van der Waals surface area contributed by atoms with Crippen LogP contribution in [-0.2, 0) is 16.3 Å². The van der Waals surface area contributed by atoms with Gasteiger partial charge in [-0.15, -0.1) is 0 Å². The van der Waals surface area contributed by atoms with Gasteiger partial charge in [0.25, 0.3) is 0 Å². The number of hydrogen-bond donors (Lipinski definition) is 0. The molecule has 0 aliphatic heterocycles.